The Morgan fingerprint density at radius 1 is 1.19 bits per heavy atom. The van der Waals surface area contributed by atoms with Gasteiger partial charge < -0.3 is 9.64 Å². The molecule has 0 bridgehead atoms. The number of pyridine rings is 1. The van der Waals surface area contributed by atoms with Crippen molar-refractivity contribution in [3.63, 3.8) is 0 Å². The van der Waals surface area contributed by atoms with Gasteiger partial charge in [0, 0.05) is 17.1 Å². The molecule has 1 saturated heterocycles. The first-order chi connectivity index (χ1) is 12.6. The van der Waals surface area contributed by atoms with Gasteiger partial charge in [0.25, 0.3) is 5.91 Å². The highest BCUT2D eigenvalue weighted by atomic mass is 16.5. The lowest BCUT2D eigenvalue weighted by atomic mass is 9.84. The first-order valence-electron chi connectivity index (χ1n) is 9.37. The summed E-state index contributed by atoms with van der Waals surface area (Å²) in [6.45, 7) is 1.90. The topological polar surface area (TPSA) is 59.5 Å². The summed E-state index contributed by atoms with van der Waals surface area (Å²) < 4.78 is 5.02. The van der Waals surface area contributed by atoms with Crippen molar-refractivity contribution in [3.05, 3.63) is 41.6 Å². The van der Waals surface area contributed by atoms with Crippen LogP contribution in [0.4, 0.5) is 0 Å². The minimum atomic E-state index is -0.479. The van der Waals surface area contributed by atoms with E-state index in [-0.39, 0.29) is 17.9 Å². The van der Waals surface area contributed by atoms with E-state index in [1.165, 1.54) is 13.5 Å². The second-order valence-corrected chi connectivity index (χ2v) is 7.43. The first kappa shape index (κ1) is 17.0. The van der Waals surface area contributed by atoms with Crippen molar-refractivity contribution in [1.82, 2.24) is 9.88 Å². The summed E-state index contributed by atoms with van der Waals surface area (Å²) >= 11 is 0. The zero-order valence-electron chi connectivity index (χ0n) is 15.3. The highest BCUT2D eigenvalue weighted by Gasteiger charge is 2.48. The molecule has 26 heavy (non-hydrogen) atoms. The number of fused-ring (bicyclic) bond motifs is 2. The Morgan fingerprint density at radius 3 is 2.77 bits per heavy atom. The molecule has 1 aromatic heterocycles. The van der Waals surface area contributed by atoms with Gasteiger partial charge in [-0.05, 0) is 44.2 Å². The van der Waals surface area contributed by atoms with E-state index in [9.17, 15) is 9.59 Å². The number of esters is 1. The molecule has 5 heteroatoms. The summed E-state index contributed by atoms with van der Waals surface area (Å²) in [6, 6.07) is 9.19. The van der Waals surface area contributed by atoms with Crippen molar-refractivity contribution < 1.29 is 14.3 Å². The van der Waals surface area contributed by atoms with Crippen LogP contribution in [0.3, 0.4) is 0 Å². The molecule has 5 nitrogen and oxygen atoms in total. The van der Waals surface area contributed by atoms with Crippen molar-refractivity contribution in [1.29, 1.82) is 0 Å². The van der Waals surface area contributed by atoms with Crippen LogP contribution in [0.2, 0.25) is 0 Å². The molecular weight excluding hydrogens is 328 g/mol. The number of nitrogens with zero attached hydrogens (tertiary/aromatic N) is 2. The number of methoxy groups -OCH3 is 1. The number of para-hydroxylation sites is 1. The number of rotatable bonds is 2. The van der Waals surface area contributed by atoms with Gasteiger partial charge in [-0.1, -0.05) is 31.0 Å². The Labute approximate surface area is 153 Å². The van der Waals surface area contributed by atoms with E-state index < -0.39 is 6.04 Å². The van der Waals surface area contributed by atoms with Gasteiger partial charge in [0.05, 0.1) is 18.2 Å². The molecule has 1 amide bonds. The largest absolute Gasteiger partial charge is 0.467 e. The number of carbonyl (C=O) groups is 2. The van der Waals surface area contributed by atoms with E-state index in [0.717, 1.165) is 35.9 Å². The van der Waals surface area contributed by atoms with E-state index in [1.54, 1.807) is 0 Å². The number of benzene rings is 1. The predicted molar refractivity (Wildman–Crippen MR) is 98.8 cm³/mol. The van der Waals surface area contributed by atoms with Crippen LogP contribution < -0.4 is 0 Å². The third-order valence-electron chi connectivity index (χ3n) is 5.87. The van der Waals surface area contributed by atoms with Crippen molar-refractivity contribution in [2.75, 3.05) is 7.11 Å². The average Bonchev–Trinajstić information content (AvgIpc) is 3.05. The quantitative estimate of drug-likeness (QED) is 0.776. The molecule has 1 saturated carbocycles. The van der Waals surface area contributed by atoms with Crippen LogP contribution >= 0.6 is 0 Å². The van der Waals surface area contributed by atoms with Gasteiger partial charge in [-0.2, -0.15) is 0 Å². The Balaban J connectivity index is 1.79. The molecule has 2 fully saturated rings. The summed E-state index contributed by atoms with van der Waals surface area (Å²) in [4.78, 5) is 32.3. The summed E-state index contributed by atoms with van der Waals surface area (Å²) in [6.07, 6.45) is 5.04. The standard InChI is InChI=1S/C21H24N2O3/c1-13-11-16(15-8-4-5-9-17(15)22-13)20(24)23-18-10-6-3-7-14(18)12-19(23)21(25)26-2/h4-5,8-9,11,14,18-19H,3,6-7,10,12H2,1-2H3/t14-,18+,19+/m1/s1. The maximum atomic E-state index is 13.6. The fourth-order valence-corrected chi connectivity index (χ4v) is 4.72. The number of aromatic nitrogens is 1. The lowest BCUT2D eigenvalue weighted by Gasteiger charge is -2.33. The van der Waals surface area contributed by atoms with Crippen LogP contribution in [0.5, 0.6) is 0 Å². The smallest absolute Gasteiger partial charge is 0.328 e. The van der Waals surface area contributed by atoms with Crippen molar-refractivity contribution >= 4 is 22.8 Å². The third kappa shape index (κ3) is 2.75. The van der Waals surface area contributed by atoms with Crippen molar-refractivity contribution in [2.24, 2.45) is 5.92 Å². The predicted octanol–water partition coefficient (Wildman–Crippen LogP) is 3.49. The molecule has 0 spiro atoms. The van der Waals surface area contributed by atoms with Gasteiger partial charge in [0.15, 0.2) is 0 Å². The Morgan fingerprint density at radius 2 is 1.96 bits per heavy atom. The highest BCUT2D eigenvalue weighted by Crippen LogP contribution is 2.41. The van der Waals surface area contributed by atoms with E-state index in [2.05, 4.69) is 4.98 Å². The summed E-state index contributed by atoms with van der Waals surface area (Å²) in [5.74, 6) is 0.0188. The fraction of sp³-hybridized carbons (Fsp3) is 0.476. The molecule has 0 N–H and O–H groups in total. The van der Waals surface area contributed by atoms with Crippen LogP contribution in [-0.2, 0) is 9.53 Å². The summed E-state index contributed by atoms with van der Waals surface area (Å²) in [5, 5.41) is 0.839. The number of carbonyl (C=O) groups excluding carboxylic acids is 2. The van der Waals surface area contributed by atoms with E-state index >= 15 is 0 Å². The van der Waals surface area contributed by atoms with Gasteiger partial charge in [-0.3, -0.25) is 9.78 Å². The average molecular weight is 352 g/mol. The van der Waals surface area contributed by atoms with Gasteiger partial charge in [-0.15, -0.1) is 0 Å². The zero-order valence-corrected chi connectivity index (χ0v) is 15.3. The normalized spacial score (nSPS) is 25.2. The molecule has 1 aliphatic carbocycles. The minimum absolute atomic E-state index is 0.0727. The monoisotopic (exact) mass is 352 g/mol. The van der Waals surface area contributed by atoms with E-state index in [0.29, 0.717) is 17.9 Å². The molecule has 1 aliphatic heterocycles. The molecular formula is C21H24N2O3. The Bertz CT molecular complexity index is 863. The maximum absolute atomic E-state index is 13.6. The zero-order chi connectivity index (χ0) is 18.3. The van der Waals surface area contributed by atoms with Crippen LogP contribution in [-0.4, -0.2) is 41.0 Å². The van der Waals surface area contributed by atoms with E-state index in [1.807, 2.05) is 42.2 Å². The van der Waals surface area contributed by atoms with Gasteiger partial charge in [-0.25, -0.2) is 4.79 Å². The molecule has 3 atom stereocenters. The van der Waals surface area contributed by atoms with Crippen LogP contribution in [0.1, 0.15) is 48.2 Å². The molecule has 136 valence electrons. The molecule has 0 unspecified atom stereocenters. The number of hydrogen-bond donors (Lipinski definition) is 0. The minimum Gasteiger partial charge on any atom is -0.467 e. The number of amides is 1. The lowest BCUT2D eigenvalue weighted by molar-refractivity contribution is -0.145. The first-order valence-corrected chi connectivity index (χ1v) is 9.37. The van der Waals surface area contributed by atoms with Crippen LogP contribution in [0.15, 0.2) is 30.3 Å². The third-order valence-corrected chi connectivity index (χ3v) is 5.87. The van der Waals surface area contributed by atoms with Gasteiger partial charge in [0.1, 0.15) is 6.04 Å². The molecule has 0 radical (unpaired) electrons. The Kier molecular flexibility index (Phi) is 4.39. The van der Waals surface area contributed by atoms with Crippen LogP contribution in [0, 0.1) is 12.8 Å². The molecule has 2 aliphatic rings. The molecule has 2 heterocycles. The van der Waals surface area contributed by atoms with Crippen molar-refractivity contribution in [3.8, 4) is 0 Å². The van der Waals surface area contributed by atoms with Gasteiger partial charge in [0.2, 0.25) is 0 Å². The molecule has 4 rings (SSSR count). The number of aryl methyl sites for hydroxylation is 1. The van der Waals surface area contributed by atoms with Gasteiger partial charge >= 0.3 is 5.97 Å². The Hall–Kier alpha value is -2.43. The summed E-state index contributed by atoms with van der Waals surface area (Å²) in [7, 11) is 1.40. The molecule has 1 aromatic carbocycles. The maximum Gasteiger partial charge on any atom is 0.328 e. The highest BCUT2D eigenvalue weighted by molar-refractivity contribution is 6.07. The number of ether oxygens (including phenoxy) is 1. The lowest BCUT2D eigenvalue weighted by Crippen LogP contribution is -2.46. The van der Waals surface area contributed by atoms with Crippen molar-refractivity contribution in [2.45, 2.75) is 51.1 Å². The number of likely N-dealkylation sites (tertiary alicyclic amines) is 1. The molecule has 2 aromatic rings. The summed E-state index contributed by atoms with van der Waals surface area (Å²) in [5.41, 5.74) is 2.25. The number of hydrogen-bond acceptors (Lipinski definition) is 4. The van der Waals surface area contributed by atoms with E-state index in [4.69, 9.17) is 4.74 Å². The van der Waals surface area contributed by atoms with Crippen LogP contribution in [0.25, 0.3) is 10.9 Å². The SMILES string of the molecule is COC(=O)[C@@H]1C[C@H]2CCCC[C@@H]2N1C(=O)c1cc(C)nc2ccccc12. The second kappa shape index (κ2) is 6.71. The fourth-order valence-electron chi connectivity index (χ4n) is 4.72. The second-order valence-electron chi connectivity index (χ2n) is 7.43.